The van der Waals surface area contributed by atoms with E-state index in [9.17, 15) is 4.79 Å². The number of hydrogen-bond acceptors (Lipinski definition) is 3. The van der Waals surface area contributed by atoms with E-state index in [1.165, 1.54) is 11.8 Å². The van der Waals surface area contributed by atoms with Gasteiger partial charge in [0.05, 0.1) is 5.75 Å². The zero-order valence-corrected chi connectivity index (χ0v) is 12.1. The van der Waals surface area contributed by atoms with Crippen LogP contribution in [0.2, 0.25) is 5.02 Å². The Morgan fingerprint density at radius 3 is 2.56 bits per heavy atom. The Labute approximate surface area is 117 Å². The van der Waals surface area contributed by atoms with Crippen molar-refractivity contribution < 1.29 is 9.90 Å². The molecule has 2 N–H and O–H groups in total. The SMILES string of the molecule is CC(C)(CCO)NC(=O)CSc1ccc(Cl)cc1. The second-order valence-corrected chi connectivity index (χ2v) is 6.13. The van der Waals surface area contributed by atoms with Gasteiger partial charge in [-0.25, -0.2) is 0 Å². The number of carbonyl (C=O) groups excluding carboxylic acids is 1. The molecule has 18 heavy (non-hydrogen) atoms. The second kappa shape index (κ2) is 7.02. The Kier molecular flexibility index (Phi) is 5.99. The fourth-order valence-corrected chi connectivity index (χ4v) is 2.26. The molecule has 100 valence electrons. The van der Waals surface area contributed by atoms with E-state index in [4.69, 9.17) is 16.7 Å². The molecule has 5 heteroatoms. The molecule has 0 atom stereocenters. The second-order valence-electron chi connectivity index (χ2n) is 4.65. The molecule has 0 bridgehead atoms. The molecule has 1 amide bonds. The summed E-state index contributed by atoms with van der Waals surface area (Å²) in [5.41, 5.74) is -0.369. The van der Waals surface area contributed by atoms with Crippen molar-refractivity contribution in [3.8, 4) is 0 Å². The van der Waals surface area contributed by atoms with E-state index in [-0.39, 0.29) is 18.1 Å². The van der Waals surface area contributed by atoms with Gasteiger partial charge in [0.15, 0.2) is 0 Å². The fraction of sp³-hybridized carbons (Fsp3) is 0.462. The molecule has 3 nitrogen and oxygen atoms in total. The lowest BCUT2D eigenvalue weighted by atomic mass is 10.0. The zero-order chi connectivity index (χ0) is 13.6. The van der Waals surface area contributed by atoms with Crippen molar-refractivity contribution in [3.05, 3.63) is 29.3 Å². The molecular formula is C13H18ClNO2S. The number of benzene rings is 1. The van der Waals surface area contributed by atoms with Crippen LogP contribution in [-0.4, -0.2) is 28.9 Å². The van der Waals surface area contributed by atoms with Gasteiger partial charge in [0, 0.05) is 22.1 Å². The lowest BCUT2D eigenvalue weighted by Gasteiger charge is -2.25. The number of aliphatic hydroxyl groups excluding tert-OH is 1. The summed E-state index contributed by atoms with van der Waals surface area (Å²) in [6.45, 7) is 3.86. The third-order valence-corrected chi connectivity index (χ3v) is 3.66. The molecule has 0 spiro atoms. The van der Waals surface area contributed by atoms with Crippen LogP contribution < -0.4 is 5.32 Å². The maximum atomic E-state index is 11.7. The first-order valence-electron chi connectivity index (χ1n) is 5.73. The highest BCUT2D eigenvalue weighted by Crippen LogP contribution is 2.20. The molecule has 0 saturated carbocycles. The van der Waals surface area contributed by atoms with Gasteiger partial charge < -0.3 is 10.4 Å². The number of nitrogens with one attached hydrogen (secondary N) is 1. The van der Waals surface area contributed by atoms with E-state index in [0.717, 1.165) is 4.90 Å². The van der Waals surface area contributed by atoms with Gasteiger partial charge in [0.2, 0.25) is 5.91 Å². The average molecular weight is 288 g/mol. The quantitative estimate of drug-likeness (QED) is 0.791. The van der Waals surface area contributed by atoms with Gasteiger partial charge in [-0.3, -0.25) is 4.79 Å². The Morgan fingerprint density at radius 1 is 1.39 bits per heavy atom. The molecular weight excluding hydrogens is 270 g/mol. The molecule has 0 saturated heterocycles. The van der Waals surface area contributed by atoms with Crippen molar-refractivity contribution in [2.24, 2.45) is 0 Å². The molecule has 0 radical (unpaired) electrons. The maximum Gasteiger partial charge on any atom is 0.230 e. The summed E-state index contributed by atoms with van der Waals surface area (Å²) in [5.74, 6) is 0.324. The Hall–Kier alpha value is -0.710. The number of carbonyl (C=O) groups is 1. The molecule has 0 aliphatic heterocycles. The first-order valence-corrected chi connectivity index (χ1v) is 7.09. The first kappa shape index (κ1) is 15.3. The number of rotatable bonds is 6. The Bertz CT molecular complexity index is 392. The molecule has 1 rings (SSSR count). The minimum Gasteiger partial charge on any atom is -0.396 e. The van der Waals surface area contributed by atoms with Gasteiger partial charge in [-0.2, -0.15) is 0 Å². The average Bonchev–Trinajstić information content (AvgIpc) is 2.27. The van der Waals surface area contributed by atoms with Gasteiger partial charge in [-0.05, 0) is 44.5 Å². The number of aliphatic hydroxyl groups is 1. The van der Waals surface area contributed by atoms with Crippen LogP contribution in [0.3, 0.4) is 0 Å². The summed E-state index contributed by atoms with van der Waals surface area (Å²) in [6.07, 6.45) is 0.546. The summed E-state index contributed by atoms with van der Waals surface area (Å²) < 4.78 is 0. The number of thioether (sulfide) groups is 1. The molecule has 1 aromatic rings. The fourth-order valence-electron chi connectivity index (χ4n) is 1.44. The van der Waals surface area contributed by atoms with Crippen LogP contribution in [0.15, 0.2) is 29.2 Å². The summed E-state index contributed by atoms with van der Waals surface area (Å²) in [7, 11) is 0. The molecule has 0 heterocycles. The minimum absolute atomic E-state index is 0.0339. The largest absolute Gasteiger partial charge is 0.396 e. The lowest BCUT2D eigenvalue weighted by Crippen LogP contribution is -2.44. The van der Waals surface area contributed by atoms with Crippen LogP contribution in [0, 0.1) is 0 Å². The van der Waals surface area contributed by atoms with Crippen molar-refractivity contribution in [1.82, 2.24) is 5.32 Å². The molecule has 0 unspecified atom stereocenters. The van der Waals surface area contributed by atoms with Crippen molar-refractivity contribution in [2.75, 3.05) is 12.4 Å². The van der Waals surface area contributed by atoms with Gasteiger partial charge in [-0.1, -0.05) is 11.6 Å². The van der Waals surface area contributed by atoms with Crippen molar-refractivity contribution >= 4 is 29.3 Å². The van der Waals surface area contributed by atoms with Crippen LogP contribution in [0.25, 0.3) is 0 Å². The highest BCUT2D eigenvalue weighted by atomic mass is 35.5. The van der Waals surface area contributed by atoms with Crippen LogP contribution in [-0.2, 0) is 4.79 Å². The third-order valence-electron chi connectivity index (χ3n) is 2.40. The lowest BCUT2D eigenvalue weighted by molar-refractivity contribution is -0.120. The summed E-state index contributed by atoms with van der Waals surface area (Å²) >= 11 is 7.25. The van der Waals surface area contributed by atoms with Gasteiger partial charge in [0.1, 0.15) is 0 Å². The molecule has 0 aromatic heterocycles. The van der Waals surface area contributed by atoms with E-state index in [0.29, 0.717) is 17.2 Å². The van der Waals surface area contributed by atoms with Crippen molar-refractivity contribution in [3.63, 3.8) is 0 Å². The standard InChI is InChI=1S/C13H18ClNO2S/c1-13(2,7-8-16)15-12(17)9-18-11-5-3-10(14)4-6-11/h3-6,16H,7-9H2,1-2H3,(H,15,17). The monoisotopic (exact) mass is 287 g/mol. The molecule has 1 aromatic carbocycles. The number of amides is 1. The summed E-state index contributed by atoms with van der Waals surface area (Å²) in [6, 6.07) is 7.38. The van der Waals surface area contributed by atoms with E-state index >= 15 is 0 Å². The third kappa shape index (κ3) is 5.76. The zero-order valence-electron chi connectivity index (χ0n) is 10.6. The number of halogens is 1. The molecule has 0 aliphatic rings. The molecule has 0 aliphatic carbocycles. The van der Waals surface area contributed by atoms with Crippen LogP contribution in [0.1, 0.15) is 20.3 Å². The van der Waals surface area contributed by atoms with Crippen LogP contribution >= 0.6 is 23.4 Å². The molecule has 0 fully saturated rings. The van der Waals surface area contributed by atoms with E-state index in [1.54, 1.807) is 12.1 Å². The predicted octanol–water partition coefficient (Wildman–Crippen LogP) is 2.71. The van der Waals surface area contributed by atoms with Crippen LogP contribution in [0.5, 0.6) is 0 Å². The normalized spacial score (nSPS) is 11.3. The Morgan fingerprint density at radius 2 is 2.00 bits per heavy atom. The van der Waals surface area contributed by atoms with Gasteiger partial charge in [0.25, 0.3) is 0 Å². The first-order chi connectivity index (χ1) is 8.43. The smallest absolute Gasteiger partial charge is 0.230 e. The number of hydrogen-bond donors (Lipinski definition) is 2. The van der Waals surface area contributed by atoms with Crippen molar-refractivity contribution in [1.29, 1.82) is 0 Å². The van der Waals surface area contributed by atoms with E-state index < -0.39 is 0 Å². The highest BCUT2D eigenvalue weighted by molar-refractivity contribution is 8.00. The summed E-state index contributed by atoms with van der Waals surface area (Å²) in [4.78, 5) is 12.7. The highest BCUT2D eigenvalue weighted by Gasteiger charge is 2.19. The van der Waals surface area contributed by atoms with E-state index in [2.05, 4.69) is 5.32 Å². The Balaban J connectivity index is 2.39. The van der Waals surface area contributed by atoms with Crippen molar-refractivity contribution in [2.45, 2.75) is 30.7 Å². The predicted molar refractivity (Wildman–Crippen MR) is 76.1 cm³/mol. The van der Waals surface area contributed by atoms with Crippen LogP contribution in [0.4, 0.5) is 0 Å². The minimum atomic E-state index is -0.369. The topological polar surface area (TPSA) is 49.3 Å². The van der Waals surface area contributed by atoms with E-state index in [1.807, 2.05) is 26.0 Å². The van der Waals surface area contributed by atoms with Gasteiger partial charge in [-0.15, -0.1) is 11.8 Å². The summed E-state index contributed by atoms with van der Waals surface area (Å²) in [5, 5.41) is 12.5. The van der Waals surface area contributed by atoms with Gasteiger partial charge >= 0.3 is 0 Å². The maximum absolute atomic E-state index is 11.7.